The summed E-state index contributed by atoms with van der Waals surface area (Å²) in [4.78, 5) is 5.96. The topological polar surface area (TPSA) is 62.4 Å². The standard InChI is InChI=1S/C16H15N3O/c17-16-7-6-15(20)11-19(16)14-5-1-3-12(9-14)13-4-2-8-18-10-13/h1-11,16,20H,17H2. The van der Waals surface area contributed by atoms with Gasteiger partial charge < -0.3 is 15.7 Å². The van der Waals surface area contributed by atoms with Crippen LogP contribution in [0.15, 0.2) is 72.9 Å². The van der Waals surface area contributed by atoms with E-state index in [1.807, 2.05) is 47.5 Å². The molecule has 0 amide bonds. The first-order valence-corrected chi connectivity index (χ1v) is 6.37. The second kappa shape index (κ2) is 5.19. The Balaban J connectivity index is 1.98. The molecule has 20 heavy (non-hydrogen) atoms. The molecule has 1 atom stereocenters. The second-order valence-electron chi connectivity index (χ2n) is 4.60. The molecule has 0 radical (unpaired) electrons. The van der Waals surface area contributed by atoms with Crippen LogP contribution in [0.1, 0.15) is 0 Å². The lowest BCUT2D eigenvalue weighted by Crippen LogP contribution is -2.38. The van der Waals surface area contributed by atoms with Crippen molar-refractivity contribution in [2.24, 2.45) is 5.73 Å². The minimum Gasteiger partial charge on any atom is -0.506 e. The van der Waals surface area contributed by atoms with E-state index in [4.69, 9.17) is 5.73 Å². The number of rotatable bonds is 2. The Bertz CT molecular complexity index is 664. The normalized spacial score (nSPS) is 17.9. The molecule has 3 rings (SSSR count). The van der Waals surface area contributed by atoms with Gasteiger partial charge in [0.15, 0.2) is 0 Å². The molecule has 1 unspecified atom stereocenters. The summed E-state index contributed by atoms with van der Waals surface area (Å²) < 4.78 is 0. The number of aliphatic hydroxyl groups is 1. The molecule has 0 saturated carbocycles. The van der Waals surface area contributed by atoms with Crippen LogP contribution in [-0.4, -0.2) is 16.3 Å². The zero-order valence-corrected chi connectivity index (χ0v) is 10.8. The summed E-state index contributed by atoms with van der Waals surface area (Å²) >= 11 is 0. The van der Waals surface area contributed by atoms with Crippen molar-refractivity contribution in [1.29, 1.82) is 0 Å². The quantitative estimate of drug-likeness (QED) is 0.876. The number of nitrogens with zero attached hydrogens (tertiary/aromatic N) is 2. The first kappa shape index (κ1) is 12.4. The van der Waals surface area contributed by atoms with Gasteiger partial charge in [-0.05, 0) is 35.9 Å². The van der Waals surface area contributed by atoms with Crippen molar-refractivity contribution in [2.45, 2.75) is 6.17 Å². The summed E-state index contributed by atoms with van der Waals surface area (Å²) in [5, 5.41) is 9.61. The number of benzene rings is 1. The molecule has 2 aromatic rings. The van der Waals surface area contributed by atoms with Gasteiger partial charge in [0.05, 0.1) is 0 Å². The summed E-state index contributed by atoms with van der Waals surface area (Å²) in [5.41, 5.74) is 9.06. The highest BCUT2D eigenvalue weighted by Gasteiger charge is 2.15. The molecule has 1 aliphatic heterocycles. The van der Waals surface area contributed by atoms with Crippen molar-refractivity contribution in [3.8, 4) is 11.1 Å². The number of aliphatic hydroxyl groups excluding tert-OH is 1. The fraction of sp³-hybridized carbons (Fsp3) is 0.0625. The highest BCUT2D eigenvalue weighted by molar-refractivity contribution is 5.69. The molecule has 0 bridgehead atoms. The third kappa shape index (κ3) is 2.41. The van der Waals surface area contributed by atoms with E-state index in [2.05, 4.69) is 4.98 Å². The van der Waals surface area contributed by atoms with Gasteiger partial charge in [-0.3, -0.25) is 4.98 Å². The van der Waals surface area contributed by atoms with Crippen LogP contribution >= 0.6 is 0 Å². The number of nitrogens with two attached hydrogens (primary N) is 1. The van der Waals surface area contributed by atoms with Gasteiger partial charge >= 0.3 is 0 Å². The lowest BCUT2D eigenvalue weighted by Gasteiger charge is -2.28. The van der Waals surface area contributed by atoms with Crippen LogP contribution in [0.4, 0.5) is 5.69 Å². The van der Waals surface area contributed by atoms with E-state index in [-0.39, 0.29) is 11.9 Å². The maximum atomic E-state index is 9.61. The Morgan fingerprint density at radius 3 is 2.80 bits per heavy atom. The second-order valence-corrected chi connectivity index (χ2v) is 4.60. The fourth-order valence-electron chi connectivity index (χ4n) is 2.19. The van der Waals surface area contributed by atoms with Gasteiger partial charge in [0.1, 0.15) is 11.9 Å². The predicted octanol–water partition coefficient (Wildman–Crippen LogP) is 2.81. The zero-order chi connectivity index (χ0) is 13.9. The predicted molar refractivity (Wildman–Crippen MR) is 80.0 cm³/mol. The molecule has 2 heterocycles. The van der Waals surface area contributed by atoms with E-state index in [1.54, 1.807) is 24.5 Å². The van der Waals surface area contributed by atoms with E-state index < -0.39 is 0 Å². The van der Waals surface area contributed by atoms with Gasteiger partial charge in [-0.1, -0.05) is 18.2 Å². The summed E-state index contributed by atoms with van der Waals surface area (Å²) in [5.74, 6) is 0.193. The number of pyridine rings is 1. The third-order valence-electron chi connectivity index (χ3n) is 3.20. The molecule has 0 spiro atoms. The van der Waals surface area contributed by atoms with Crippen LogP contribution < -0.4 is 10.6 Å². The third-order valence-corrected chi connectivity index (χ3v) is 3.20. The van der Waals surface area contributed by atoms with E-state index >= 15 is 0 Å². The summed E-state index contributed by atoms with van der Waals surface area (Å²) in [6.07, 6.45) is 8.28. The lowest BCUT2D eigenvalue weighted by molar-refractivity contribution is 0.425. The van der Waals surface area contributed by atoms with Crippen LogP contribution in [-0.2, 0) is 0 Å². The Hall–Kier alpha value is -2.59. The average molecular weight is 265 g/mol. The molecule has 1 aromatic carbocycles. The molecular weight excluding hydrogens is 250 g/mol. The first-order chi connectivity index (χ1) is 9.74. The molecule has 0 fully saturated rings. The van der Waals surface area contributed by atoms with Gasteiger partial charge in [-0.2, -0.15) is 0 Å². The molecule has 4 heteroatoms. The number of hydrogen-bond donors (Lipinski definition) is 2. The smallest absolute Gasteiger partial charge is 0.131 e. The molecule has 1 aromatic heterocycles. The maximum absolute atomic E-state index is 9.61. The highest BCUT2D eigenvalue weighted by atomic mass is 16.3. The van der Waals surface area contributed by atoms with E-state index in [9.17, 15) is 5.11 Å². The van der Waals surface area contributed by atoms with Gasteiger partial charge in [-0.25, -0.2) is 0 Å². The Morgan fingerprint density at radius 1 is 1.15 bits per heavy atom. The van der Waals surface area contributed by atoms with Gasteiger partial charge in [0.2, 0.25) is 0 Å². The van der Waals surface area contributed by atoms with Crippen LogP contribution in [0.3, 0.4) is 0 Å². The minimum atomic E-state index is -0.282. The van der Waals surface area contributed by atoms with Crippen molar-refractivity contribution >= 4 is 5.69 Å². The van der Waals surface area contributed by atoms with Crippen molar-refractivity contribution in [2.75, 3.05) is 4.90 Å². The SMILES string of the molecule is NC1C=CC(O)=CN1c1cccc(-c2cccnc2)c1. The number of allylic oxidation sites excluding steroid dienone is 1. The van der Waals surface area contributed by atoms with Crippen LogP contribution in [0, 0.1) is 0 Å². The van der Waals surface area contributed by atoms with E-state index in [0.717, 1.165) is 16.8 Å². The van der Waals surface area contributed by atoms with Crippen LogP contribution in [0.5, 0.6) is 0 Å². The summed E-state index contributed by atoms with van der Waals surface area (Å²) in [6, 6.07) is 11.9. The van der Waals surface area contributed by atoms with Crippen molar-refractivity contribution in [3.63, 3.8) is 0 Å². The van der Waals surface area contributed by atoms with E-state index in [1.165, 1.54) is 0 Å². The maximum Gasteiger partial charge on any atom is 0.131 e. The largest absolute Gasteiger partial charge is 0.506 e. The Labute approximate surface area is 117 Å². The van der Waals surface area contributed by atoms with Crippen molar-refractivity contribution < 1.29 is 5.11 Å². The van der Waals surface area contributed by atoms with Crippen LogP contribution in [0.25, 0.3) is 11.1 Å². The van der Waals surface area contributed by atoms with Crippen LogP contribution in [0.2, 0.25) is 0 Å². The molecule has 0 aliphatic carbocycles. The number of hydrogen-bond acceptors (Lipinski definition) is 4. The molecule has 4 nitrogen and oxygen atoms in total. The molecule has 100 valence electrons. The average Bonchev–Trinajstić information content (AvgIpc) is 2.51. The van der Waals surface area contributed by atoms with Gasteiger partial charge in [0, 0.05) is 29.8 Å². The summed E-state index contributed by atoms with van der Waals surface area (Å²) in [7, 11) is 0. The fourth-order valence-corrected chi connectivity index (χ4v) is 2.19. The minimum absolute atomic E-state index is 0.193. The highest BCUT2D eigenvalue weighted by Crippen LogP contribution is 2.26. The van der Waals surface area contributed by atoms with Gasteiger partial charge in [0.25, 0.3) is 0 Å². The Morgan fingerprint density at radius 2 is 2.00 bits per heavy atom. The molecule has 3 N–H and O–H groups in total. The number of anilines is 1. The molecule has 1 aliphatic rings. The van der Waals surface area contributed by atoms with Crippen molar-refractivity contribution in [1.82, 2.24) is 4.98 Å². The Kier molecular flexibility index (Phi) is 3.23. The van der Waals surface area contributed by atoms with Gasteiger partial charge in [-0.15, -0.1) is 0 Å². The van der Waals surface area contributed by atoms with E-state index in [0.29, 0.717) is 0 Å². The van der Waals surface area contributed by atoms with Crippen molar-refractivity contribution in [3.05, 3.63) is 72.9 Å². The summed E-state index contributed by atoms with van der Waals surface area (Å²) in [6.45, 7) is 0. The molecule has 0 saturated heterocycles. The first-order valence-electron chi connectivity index (χ1n) is 6.37. The lowest BCUT2D eigenvalue weighted by atomic mass is 10.1. The number of aromatic nitrogens is 1. The monoisotopic (exact) mass is 265 g/mol. The zero-order valence-electron chi connectivity index (χ0n) is 10.8. The molecular formula is C16H15N3O.